The van der Waals surface area contributed by atoms with Gasteiger partial charge in [-0.3, -0.25) is 4.28 Å². The van der Waals surface area contributed by atoms with E-state index in [2.05, 4.69) is 9.27 Å². The molecule has 2 rings (SSSR count). The van der Waals surface area contributed by atoms with Gasteiger partial charge in [0.15, 0.2) is 0 Å². The van der Waals surface area contributed by atoms with Crippen molar-refractivity contribution in [3.8, 4) is 0 Å². The lowest BCUT2D eigenvalue weighted by atomic mass is 10.3. The van der Waals surface area contributed by atoms with E-state index in [1.165, 1.54) is 6.33 Å². The summed E-state index contributed by atoms with van der Waals surface area (Å²) in [5.74, 6) is 0. The second-order valence-electron chi connectivity index (χ2n) is 2.84. The number of imidazole rings is 1. The highest BCUT2D eigenvalue weighted by Crippen LogP contribution is 2.10. The van der Waals surface area contributed by atoms with Gasteiger partial charge in [0.05, 0.1) is 11.8 Å². The third-order valence-electron chi connectivity index (χ3n) is 1.64. The Morgan fingerprint density at radius 2 is 2.07 bits per heavy atom. The molecule has 0 radical (unpaired) electrons. The Kier molecular flexibility index (Phi) is 1.92. The van der Waals surface area contributed by atoms with Crippen LogP contribution in [0.15, 0.2) is 30.6 Å². The van der Waals surface area contributed by atoms with E-state index in [0.29, 0.717) is 11.0 Å². The fraction of sp³-hybridized carbons (Fsp3) is 0.125. The number of fused-ring (bicyclic) bond motifs is 1. The Morgan fingerprint density at radius 3 is 2.79 bits per heavy atom. The number of rotatable bonds is 2. The van der Waals surface area contributed by atoms with Crippen molar-refractivity contribution in [3.05, 3.63) is 30.6 Å². The van der Waals surface area contributed by atoms with Crippen molar-refractivity contribution >= 4 is 21.2 Å². The highest BCUT2D eigenvalue weighted by atomic mass is 32.2. The maximum atomic E-state index is 10.9. The lowest BCUT2D eigenvalue weighted by molar-refractivity contribution is 0.294. The molecule has 0 bridgehead atoms. The smallest absolute Gasteiger partial charge is 0.286 e. The molecular weight excluding hydrogens is 204 g/mol. The summed E-state index contributed by atoms with van der Waals surface area (Å²) < 4.78 is 27.6. The van der Waals surface area contributed by atoms with Gasteiger partial charge < -0.3 is 0 Å². The van der Waals surface area contributed by atoms with Gasteiger partial charge in [-0.1, -0.05) is 12.1 Å². The molecule has 0 saturated heterocycles. The average molecular weight is 212 g/mol. The first-order valence-electron chi connectivity index (χ1n) is 3.88. The molecular formula is C8H8N2O3S. The molecule has 1 aromatic carbocycles. The van der Waals surface area contributed by atoms with E-state index < -0.39 is 10.1 Å². The van der Waals surface area contributed by atoms with Crippen LogP contribution in [0, 0.1) is 0 Å². The van der Waals surface area contributed by atoms with E-state index in [-0.39, 0.29) is 0 Å². The van der Waals surface area contributed by atoms with Crippen molar-refractivity contribution in [1.29, 1.82) is 0 Å². The summed E-state index contributed by atoms with van der Waals surface area (Å²) in [4.78, 5) is 3.98. The van der Waals surface area contributed by atoms with Crippen molar-refractivity contribution in [1.82, 2.24) is 9.71 Å². The predicted molar refractivity (Wildman–Crippen MR) is 51.2 cm³/mol. The Bertz CT molecular complexity index is 559. The molecule has 1 heterocycles. The van der Waals surface area contributed by atoms with Crippen molar-refractivity contribution in [3.63, 3.8) is 0 Å². The summed E-state index contributed by atoms with van der Waals surface area (Å²) in [5.41, 5.74) is 1.31. The topological polar surface area (TPSA) is 61.2 Å². The van der Waals surface area contributed by atoms with E-state index in [1.54, 1.807) is 18.2 Å². The third kappa shape index (κ3) is 1.69. The zero-order valence-corrected chi connectivity index (χ0v) is 8.23. The molecule has 0 saturated carbocycles. The quantitative estimate of drug-likeness (QED) is 0.724. The first-order valence-corrected chi connectivity index (χ1v) is 5.70. The van der Waals surface area contributed by atoms with E-state index in [9.17, 15) is 8.42 Å². The molecule has 0 aliphatic carbocycles. The van der Waals surface area contributed by atoms with Crippen LogP contribution in [-0.2, 0) is 10.1 Å². The minimum absolute atomic E-state index is 0.623. The van der Waals surface area contributed by atoms with Gasteiger partial charge in [0.1, 0.15) is 11.8 Å². The average Bonchev–Trinajstić information content (AvgIpc) is 2.47. The number of hydrogen-bond donors (Lipinski definition) is 0. The van der Waals surface area contributed by atoms with Gasteiger partial charge in [-0.25, -0.2) is 4.98 Å². The van der Waals surface area contributed by atoms with Crippen LogP contribution >= 0.6 is 0 Å². The van der Waals surface area contributed by atoms with Gasteiger partial charge in [-0.2, -0.15) is 13.1 Å². The van der Waals surface area contributed by atoms with Crippen LogP contribution in [0.25, 0.3) is 11.0 Å². The largest absolute Gasteiger partial charge is 0.324 e. The predicted octanol–water partition coefficient (Wildman–Crippen LogP) is 0.424. The number of hydrogen-bond acceptors (Lipinski definition) is 4. The Balaban J connectivity index is 2.54. The third-order valence-corrected chi connectivity index (χ3v) is 2.07. The molecule has 0 aliphatic rings. The molecule has 0 atom stereocenters. The number of benzene rings is 1. The minimum atomic E-state index is -3.52. The first-order chi connectivity index (χ1) is 6.56. The normalized spacial score (nSPS) is 11.8. The van der Waals surface area contributed by atoms with Gasteiger partial charge in [-0.15, -0.1) is 0 Å². The molecule has 0 unspecified atom stereocenters. The van der Waals surface area contributed by atoms with Gasteiger partial charge in [0.25, 0.3) is 0 Å². The maximum absolute atomic E-state index is 10.9. The molecule has 0 amide bonds. The first kappa shape index (κ1) is 9.01. The lowest BCUT2D eigenvalue weighted by Gasteiger charge is -2.02. The van der Waals surface area contributed by atoms with Crippen LogP contribution in [0.2, 0.25) is 0 Å². The molecule has 0 aliphatic heterocycles. The molecule has 2 aromatic rings. The molecule has 5 nitrogen and oxygen atoms in total. The van der Waals surface area contributed by atoms with Crippen LogP contribution in [-0.4, -0.2) is 24.4 Å². The fourth-order valence-electron chi connectivity index (χ4n) is 1.14. The van der Waals surface area contributed by atoms with Crippen molar-refractivity contribution in [2.75, 3.05) is 6.26 Å². The highest BCUT2D eigenvalue weighted by molar-refractivity contribution is 7.86. The maximum Gasteiger partial charge on any atom is 0.324 e. The van der Waals surface area contributed by atoms with E-state index >= 15 is 0 Å². The molecule has 0 fully saturated rings. The summed E-state index contributed by atoms with van der Waals surface area (Å²) in [6.07, 6.45) is 2.31. The summed E-state index contributed by atoms with van der Waals surface area (Å²) in [6, 6.07) is 7.11. The minimum Gasteiger partial charge on any atom is -0.286 e. The number of nitrogens with zero attached hydrogens (tertiary/aromatic N) is 2. The van der Waals surface area contributed by atoms with E-state index in [0.717, 1.165) is 11.0 Å². The molecule has 74 valence electrons. The molecule has 0 spiro atoms. The van der Waals surface area contributed by atoms with Gasteiger partial charge in [0.2, 0.25) is 0 Å². The number of para-hydroxylation sites is 2. The molecule has 1 aromatic heterocycles. The molecule has 6 heteroatoms. The molecule has 0 N–H and O–H groups in total. The van der Waals surface area contributed by atoms with Crippen LogP contribution < -0.4 is 4.28 Å². The summed E-state index contributed by atoms with van der Waals surface area (Å²) in [7, 11) is -3.52. The Hall–Kier alpha value is -1.56. The van der Waals surface area contributed by atoms with Crippen LogP contribution in [0.5, 0.6) is 0 Å². The van der Waals surface area contributed by atoms with Gasteiger partial charge >= 0.3 is 10.1 Å². The second-order valence-corrected chi connectivity index (χ2v) is 4.40. The van der Waals surface area contributed by atoms with Crippen molar-refractivity contribution in [2.24, 2.45) is 0 Å². The zero-order chi connectivity index (χ0) is 10.2. The van der Waals surface area contributed by atoms with Crippen molar-refractivity contribution < 1.29 is 12.7 Å². The van der Waals surface area contributed by atoms with Crippen LogP contribution in [0.3, 0.4) is 0 Å². The van der Waals surface area contributed by atoms with Crippen molar-refractivity contribution in [2.45, 2.75) is 0 Å². The van der Waals surface area contributed by atoms with E-state index in [4.69, 9.17) is 0 Å². The van der Waals surface area contributed by atoms with E-state index in [1.807, 2.05) is 6.07 Å². The monoisotopic (exact) mass is 212 g/mol. The molecule has 14 heavy (non-hydrogen) atoms. The SMILES string of the molecule is CS(=O)(=O)On1cnc2ccccc21. The second kappa shape index (κ2) is 2.98. The summed E-state index contributed by atoms with van der Waals surface area (Å²) in [5, 5.41) is 0. The fourth-order valence-corrected chi connectivity index (χ4v) is 1.55. The Morgan fingerprint density at radius 1 is 1.36 bits per heavy atom. The summed E-state index contributed by atoms with van der Waals surface area (Å²) >= 11 is 0. The lowest BCUT2D eigenvalue weighted by Crippen LogP contribution is -2.17. The van der Waals surface area contributed by atoms with Gasteiger partial charge in [0, 0.05) is 0 Å². The highest BCUT2D eigenvalue weighted by Gasteiger charge is 2.07. The van der Waals surface area contributed by atoms with Gasteiger partial charge in [-0.05, 0) is 12.1 Å². The van der Waals surface area contributed by atoms with Crippen LogP contribution in [0.4, 0.5) is 0 Å². The Labute approximate surface area is 81.0 Å². The number of aromatic nitrogens is 2. The summed E-state index contributed by atoms with van der Waals surface area (Å²) in [6.45, 7) is 0. The van der Waals surface area contributed by atoms with Crippen LogP contribution in [0.1, 0.15) is 0 Å². The zero-order valence-electron chi connectivity index (χ0n) is 7.41. The standard InChI is InChI=1S/C8H8N2O3S/c1-14(11,12)13-10-6-9-7-4-2-3-5-8(7)10/h2-6H,1H3.